The summed E-state index contributed by atoms with van der Waals surface area (Å²) in [6.07, 6.45) is 1.52. The molecule has 0 radical (unpaired) electrons. The van der Waals surface area contributed by atoms with Gasteiger partial charge in [0.25, 0.3) is 5.22 Å². The van der Waals surface area contributed by atoms with E-state index in [9.17, 15) is 0 Å². The molecule has 0 fully saturated rings. The van der Waals surface area contributed by atoms with Gasteiger partial charge in [0.1, 0.15) is 11.5 Å². The van der Waals surface area contributed by atoms with Gasteiger partial charge in [0.2, 0.25) is 5.89 Å². The third-order valence-electron chi connectivity index (χ3n) is 1.60. The van der Waals surface area contributed by atoms with Crippen LogP contribution in [0.4, 0.5) is 0 Å². The van der Waals surface area contributed by atoms with Gasteiger partial charge in [0.05, 0.1) is 0 Å². The average Bonchev–Trinajstić information content (AvgIpc) is 2.64. The molecular weight excluding hydrogens is 228 g/mol. The van der Waals surface area contributed by atoms with Gasteiger partial charge in [0.15, 0.2) is 5.16 Å². The van der Waals surface area contributed by atoms with E-state index < -0.39 is 0 Å². The van der Waals surface area contributed by atoms with Gasteiger partial charge < -0.3 is 10.2 Å². The third kappa shape index (κ3) is 2.34. The summed E-state index contributed by atoms with van der Waals surface area (Å²) < 4.78 is 5.16. The molecule has 2 heterocycles. The van der Waals surface area contributed by atoms with Gasteiger partial charge in [-0.05, 0) is 6.07 Å². The van der Waals surface area contributed by atoms with Crippen LogP contribution in [0, 0.1) is 12.3 Å². The average molecular weight is 236 g/mol. The quantitative estimate of drug-likeness (QED) is 0.455. The van der Waals surface area contributed by atoms with Crippen LogP contribution in [0.1, 0.15) is 11.6 Å². The summed E-state index contributed by atoms with van der Waals surface area (Å²) in [5.74, 6) is 0.371. The molecule has 8 heteroatoms. The summed E-state index contributed by atoms with van der Waals surface area (Å²) in [5, 5.41) is 15.5. The van der Waals surface area contributed by atoms with Crippen LogP contribution < -0.4 is 5.73 Å². The van der Waals surface area contributed by atoms with E-state index in [0.29, 0.717) is 22.0 Å². The van der Waals surface area contributed by atoms with Crippen LogP contribution in [0.25, 0.3) is 0 Å². The lowest BCUT2D eigenvalue weighted by molar-refractivity contribution is 0.429. The van der Waals surface area contributed by atoms with Gasteiger partial charge in [0, 0.05) is 24.9 Å². The fourth-order valence-corrected chi connectivity index (χ4v) is 1.60. The van der Waals surface area contributed by atoms with E-state index in [0.717, 1.165) is 11.8 Å². The van der Waals surface area contributed by atoms with Crippen molar-refractivity contribution in [1.29, 1.82) is 5.41 Å². The predicted octanol–water partition coefficient (Wildman–Crippen LogP) is 0.603. The number of aryl methyl sites for hydroxylation is 1. The maximum atomic E-state index is 7.24. The molecule has 0 atom stereocenters. The molecule has 2 aromatic heterocycles. The monoisotopic (exact) mass is 236 g/mol. The van der Waals surface area contributed by atoms with Gasteiger partial charge in [-0.2, -0.15) is 0 Å². The summed E-state index contributed by atoms with van der Waals surface area (Å²) in [6, 6.07) is 1.56. The molecule has 0 amide bonds. The highest BCUT2D eigenvalue weighted by Crippen LogP contribution is 2.22. The van der Waals surface area contributed by atoms with Crippen molar-refractivity contribution < 1.29 is 4.42 Å². The highest BCUT2D eigenvalue weighted by atomic mass is 32.2. The zero-order valence-electron chi connectivity index (χ0n) is 8.34. The minimum Gasteiger partial charge on any atom is -0.416 e. The Morgan fingerprint density at radius 1 is 1.50 bits per heavy atom. The first kappa shape index (κ1) is 10.6. The lowest BCUT2D eigenvalue weighted by atomic mass is 10.4. The van der Waals surface area contributed by atoms with Crippen molar-refractivity contribution >= 4 is 17.6 Å². The number of nitrogen functional groups attached to an aromatic ring is 1. The summed E-state index contributed by atoms with van der Waals surface area (Å²) in [5.41, 5.74) is 5.68. The second-order valence-corrected chi connectivity index (χ2v) is 3.75. The van der Waals surface area contributed by atoms with E-state index >= 15 is 0 Å². The highest BCUT2D eigenvalue weighted by molar-refractivity contribution is 7.98. The first-order chi connectivity index (χ1) is 7.65. The van der Waals surface area contributed by atoms with E-state index in [2.05, 4.69) is 20.2 Å². The highest BCUT2D eigenvalue weighted by Gasteiger charge is 2.08. The first-order valence-corrected chi connectivity index (χ1v) is 5.12. The minimum absolute atomic E-state index is 0.106. The van der Waals surface area contributed by atoms with E-state index in [-0.39, 0.29) is 5.84 Å². The van der Waals surface area contributed by atoms with E-state index in [1.54, 1.807) is 13.0 Å². The number of aromatic nitrogens is 4. The maximum absolute atomic E-state index is 7.24. The summed E-state index contributed by atoms with van der Waals surface area (Å²) >= 11 is 1.13. The SMILES string of the molecule is Cc1nnc(Sc2nccc(C(=N)N)n2)o1. The lowest BCUT2D eigenvalue weighted by Crippen LogP contribution is -2.13. The number of nitrogens with two attached hydrogens (primary N) is 1. The Labute approximate surface area is 95.0 Å². The van der Waals surface area contributed by atoms with Gasteiger partial charge in [-0.3, -0.25) is 5.41 Å². The van der Waals surface area contributed by atoms with Crippen LogP contribution in [0.3, 0.4) is 0 Å². The predicted molar refractivity (Wildman–Crippen MR) is 56.2 cm³/mol. The number of hydrogen-bond donors (Lipinski definition) is 2. The first-order valence-electron chi connectivity index (χ1n) is 4.30. The third-order valence-corrected chi connectivity index (χ3v) is 2.31. The van der Waals surface area contributed by atoms with Gasteiger partial charge in [-0.15, -0.1) is 10.2 Å². The molecule has 0 spiro atoms. The van der Waals surface area contributed by atoms with E-state index in [1.807, 2.05) is 0 Å². The largest absolute Gasteiger partial charge is 0.416 e. The molecule has 7 nitrogen and oxygen atoms in total. The molecule has 0 saturated carbocycles. The Hall–Kier alpha value is -1.96. The Morgan fingerprint density at radius 2 is 2.31 bits per heavy atom. The molecule has 0 aliphatic heterocycles. The molecular formula is C8H8N6OS. The second-order valence-electron chi connectivity index (χ2n) is 2.83. The molecule has 0 aliphatic rings. The molecule has 2 aromatic rings. The van der Waals surface area contributed by atoms with Crippen molar-refractivity contribution in [3.05, 3.63) is 23.8 Å². The Kier molecular flexibility index (Phi) is 2.82. The van der Waals surface area contributed by atoms with Crippen molar-refractivity contribution in [3.8, 4) is 0 Å². The molecule has 2 rings (SSSR count). The molecule has 0 aliphatic carbocycles. The minimum atomic E-state index is -0.106. The summed E-state index contributed by atoms with van der Waals surface area (Å²) in [7, 11) is 0. The molecule has 0 unspecified atom stereocenters. The van der Waals surface area contributed by atoms with Crippen LogP contribution in [-0.4, -0.2) is 26.0 Å². The molecule has 0 saturated heterocycles. The van der Waals surface area contributed by atoms with Crippen LogP contribution >= 0.6 is 11.8 Å². The lowest BCUT2D eigenvalue weighted by Gasteiger charge is -1.98. The maximum Gasteiger partial charge on any atom is 0.284 e. The molecule has 82 valence electrons. The Balaban J connectivity index is 2.21. The molecule has 0 aromatic carbocycles. The van der Waals surface area contributed by atoms with Gasteiger partial charge in [-0.1, -0.05) is 0 Å². The zero-order chi connectivity index (χ0) is 11.5. The smallest absolute Gasteiger partial charge is 0.284 e. The molecule has 16 heavy (non-hydrogen) atoms. The zero-order valence-corrected chi connectivity index (χ0v) is 9.15. The summed E-state index contributed by atoms with van der Waals surface area (Å²) in [4.78, 5) is 8.05. The number of amidine groups is 1. The second kappa shape index (κ2) is 4.27. The van der Waals surface area contributed by atoms with Crippen molar-refractivity contribution in [2.75, 3.05) is 0 Å². The number of nitrogens with one attached hydrogen (secondary N) is 1. The van der Waals surface area contributed by atoms with Gasteiger partial charge in [-0.25, -0.2) is 9.97 Å². The van der Waals surface area contributed by atoms with Gasteiger partial charge >= 0.3 is 0 Å². The van der Waals surface area contributed by atoms with E-state index in [4.69, 9.17) is 15.6 Å². The normalized spacial score (nSPS) is 10.3. The van der Waals surface area contributed by atoms with Crippen LogP contribution in [-0.2, 0) is 0 Å². The topological polar surface area (TPSA) is 115 Å². The Morgan fingerprint density at radius 3 is 2.94 bits per heavy atom. The van der Waals surface area contributed by atoms with Crippen LogP contribution in [0.2, 0.25) is 0 Å². The Bertz CT molecular complexity index is 525. The number of hydrogen-bond acceptors (Lipinski definition) is 7. The van der Waals surface area contributed by atoms with Crippen molar-refractivity contribution in [2.45, 2.75) is 17.3 Å². The molecule has 3 N–H and O–H groups in total. The summed E-state index contributed by atoms with van der Waals surface area (Å²) in [6.45, 7) is 1.70. The van der Waals surface area contributed by atoms with Crippen molar-refractivity contribution in [1.82, 2.24) is 20.2 Å². The van der Waals surface area contributed by atoms with Crippen molar-refractivity contribution in [3.63, 3.8) is 0 Å². The van der Waals surface area contributed by atoms with Crippen molar-refractivity contribution in [2.24, 2.45) is 5.73 Å². The number of nitrogens with zero attached hydrogens (tertiary/aromatic N) is 4. The fourth-order valence-electron chi connectivity index (χ4n) is 0.938. The van der Waals surface area contributed by atoms with Crippen LogP contribution in [0.5, 0.6) is 0 Å². The standard InChI is InChI=1S/C8H8N6OS/c1-4-13-14-8(15-4)16-7-11-3-2-5(12-7)6(9)10/h2-3H,1H3,(H3,9,10). The molecule has 0 bridgehead atoms. The fraction of sp³-hybridized carbons (Fsp3) is 0.125. The van der Waals surface area contributed by atoms with Crippen LogP contribution in [0.15, 0.2) is 27.1 Å². The van der Waals surface area contributed by atoms with E-state index in [1.165, 1.54) is 6.20 Å². The number of rotatable bonds is 3.